The van der Waals surface area contributed by atoms with E-state index in [-0.39, 0.29) is 29.7 Å². The molecule has 2 aromatic rings. The summed E-state index contributed by atoms with van der Waals surface area (Å²) in [5, 5.41) is 0.611. The van der Waals surface area contributed by atoms with Crippen LogP contribution in [0, 0.1) is 0 Å². The molecule has 6 nitrogen and oxygen atoms in total. The van der Waals surface area contributed by atoms with Crippen LogP contribution in [0.25, 0.3) is 0 Å². The second kappa shape index (κ2) is 8.98. The number of anilines is 1. The zero-order valence-electron chi connectivity index (χ0n) is 16.4. The van der Waals surface area contributed by atoms with Gasteiger partial charge in [-0.05, 0) is 36.8 Å². The van der Waals surface area contributed by atoms with Gasteiger partial charge in [0, 0.05) is 34.9 Å². The molecule has 0 aliphatic carbocycles. The van der Waals surface area contributed by atoms with Gasteiger partial charge in [-0.2, -0.15) is 0 Å². The molecule has 0 unspecified atom stereocenters. The Hall–Kier alpha value is -2.70. The molecule has 0 aromatic heterocycles. The largest absolute Gasteiger partial charge is 0.460 e. The molecule has 0 saturated carbocycles. The Balaban J connectivity index is 2.11. The molecular weight excluding hydrogens is 429 g/mol. The Morgan fingerprint density at radius 1 is 1.13 bits per heavy atom. The van der Waals surface area contributed by atoms with Crippen LogP contribution in [0.1, 0.15) is 42.1 Å². The standard InChI is InChI=1S/C22H19Cl2NO5/c1-3-30-22(29)19(27)11-16(14-9-8-13(23)10-17(14)24)20-21(28)15-6-4-5-7-18(15)25(20)12(2)26/h4-10,16,20H,3,11H2,1-2H3/t16-,20+/m1/s1. The van der Waals surface area contributed by atoms with E-state index in [2.05, 4.69) is 0 Å². The molecule has 0 saturated heterocycles. The van der Waals surface area contributed by atoms with Gasteiger partial charge in [0.05, 0.1) is 12.3 Å². The zero-order valence-corrected chi connectivity index (χ0v) is 17.9. The molecule has 1 aliphatic heterocycles. The van der Waals surface area contributed by atoms with Gasteiger partial charge in [-0.15, -0.1) is 0 Å². The average molecular weight is 448 g/mol. The summed E-state index contributed by atoms with van der Waals surface area (Å²) in [6.45, 7) is 2.98. The first-order valence-electron chi connectivity index (χ1n) is 9.34. The molecule has 1 amide bonds. The fourth-order valence-corrected chi connectivity index (χ4v) is 4.28. The van der Waals surface area contributed by atoms with Gasteiger partial charge < -0.3 is 9.64 Å². The van der Waals surface area contributed by atoms with Gasteiger partial charge in [0.15, 0.2) is 5.78 Å². The van der Waals surface area contributed by atoms with Crippen LogP contribution >= 0.6 is 23.2 Å². The summed E-state index contributed by atoms with van der Waals surface area (Å²) in [5.74, 6) is -3.36. The predicted molar refractivity (Wildman–Crippen MR) is 113 cm³/mol. The lowest BCUT2D eigenvalue weighted by molar-refractivity contribution is -0.153. The minimum atomic E-state index is -1.03. The number of fused-ring (bicyclic) bond motifs is 1. The Bertz CT molecular complexity index is 1040. The number of para-hydroxylation sites is 1. The summed E-state index contributed by atoms with van der Waals surface area (Å²) >= 11 is 12.4. The highest BCUT2D eigenvalue weighted by Crippen LogP contribution is 2.42. The van der Waals surface area contributed by atoms with Crippen LogP contribution < -0.4 is 4.90 Å². The number of carbonyl (C=O) groups excluding carboxylic acids is 4. The summed E-state index contributed by atoms with van der Waals surface area (Å²) in [6, 6.07) is 10.4. The van der Waals surface area contributed by atoms with Gasteiger partial charge in [-0.3, -0.25) is 14.4 Å². The summed E-state index contributed by atoms with van der Waals surface area (Å²) < 4.78 is 4.81. The van der Waals surface area contributed by atoms with E-state index in [1.807, 2.05) is 0 Å². The van der Waals surface area contributed by atoms with Crippen molar-refractivity contribution in [2.45, 2.75) is 32.2 Å². The van der Waals surface area contributed by atoms with Gasteiger partial charge in [0.2, 0.25) is 11.7 Å². The summed E-state index contributed by atoms with van der Waals surface area (Å²) in [6.07, 6.45) is -0.353. The molecule has 156 valence electrons. The normalized spacial score (nSPS) is 16.2. The van der Waals surface area contributed by atoms with Crippen molar-refractivity contribution in [2.75, 3.05) is 11.5 Å². The number of benzene rings is 2. The monoisotopic (exact) mass is 447 g/mol. The number of rotatable bonds is 6. The number of ketones is 2. The fourth-order valence-electron chi connectivity index (χ4n) is 3.74. The fraction of sp³-hybridized carbons (Fsp3) is 0.273. The number of amides is 1. The van der Waals surface area contributed by atoms with Crippen molar-refractivity contribution in [3.8, 4) is 0 Å². The van der Waals surface area contributed by atoms with Crippen LogP contribution in [0.3, 0.4) is 0 Å². The highest BCUT2D eigenvalue weighted by atomic mass is 35.5. The number of Topliss-reactive ketones (excluding diaryl/α,β-unsaturated/α-hetero) is 2. The quantitative estimate of drug-likeness (QED) is 0.489. The van der Waals surface area contributed by atoms with Crippen LogP contribution in [0.15, 0.2) is 42.5 Å². The van der Waals surface area contributed by atoms with E-state index >= 15 is 0 Å². The average Bonchev–Trinajstić information content (AvgIpc) is 2.99. The van der Waals surface area contributed by atoms with E-state index in [0.29, 0.717) is 21.8 Å². The predicted octanol–water partition coefficient (Wildman–Crippen LogP) is 4.22. The number of nitrogens with zero attached hydrogens (tertiary/aromatic N) is 1. The van der Waals surface area contributed by atoms with Crippen molar-refractivity contribution >= 4 is 52.3 Å². The second-order valence-electron chi connectivity index (χ2n) is 6.84. The maximum atomic E-state index is 13.3. The molecule has 0 spiro atoms. The van der Waals surface area contributed by atoms with Crippen LogP contribution in [0.4, 0.5) is 5.69 Å². The smallest absolute Gasteiger partial charge is 0.374 e. The topological polar surface area (TPSA) is 80.8 Å². The van der Waals surface area contributed by atoms with E-state index in [9.17, 15) is 19.2 Å². The molecule has 0 fully saturated rings. The van der Waals surface area contributed by atoms with Crippen LogP contribution in [0.5, 0.6) is 0 Å². The SMILES string of the molecule is CCOC(=O)C(=O)C[C@H](c1ccc(Cl)cc1Cl)[C@H]1C(=O)c2ccccc2N1C(C)=O. The third-order valence-corrected chi connectivity index (χ3v) is 5.53. The molecule has 8 heteroatoms. The van der Waals surface area contributed by atoms with Crippen molar-refractivity contribution in [1.82, 2.24) is 0 Å². The number of hydrogen-bond acceptors (Lipinski definition) is 5. The van der Waals surface area contributed by atoms with Crippen molar-refractivity contribution in [1.29, 1.82) is 0 Å². The Morgan fingerprint density at radius 2 is 1.83 bits per heavy atom. The van der Waals surface area contributed by atoms with Crippen molar-refractivity contribution in [2.24, 2.45) is 0 Å². The minimum absolute atomic E-state index is 0.0459. The van der Waals surface area contributed by atoms with E-state index in [1.54, 1.807) is 43.3 Å². The first kappa shape index (κ1) is 22.0. The molecule has 2 aromatic carbocycles. The molecular formula is C22H19Cl2NO5. The maximum Gasteiger partial charge on any atom is 0.374 e. The van der Waals surface area contributed by atoms with Gasteiger partial charge in [0.1, 0.15) is 6.04 Å². The third kappa shape index (κ3) is 4.11. The minimum Gasteiger partial charge on any atom is -0.460 e. The first-order chi connectivity index (χ1) is 14.3. The summed E-state index contributed by atoms with van der Waals surface area (Å²) in [7, 11) is 0. The molecule has 3 rings (SSSR count). The van der Waals surface area contributed by atoms with Gasteiger partial charge in [-0.25, -0.2) is 4.79 Å². The first-order valence-corrected chi connectivity index (χ1v) is 10.1. The number of esters is 1. The van der Waals surface area contributed by atoms with Crippen molar-refractivity contribution < 1.29 is 23.9 Å². The maximum absolute atomic E-state index is 13.3. The molecule has 0 N–H and O–H groups in total. The Morgan fingerprint density at radius 3 is 2.47 bits per heavy atom. The van der Waals surface area contributed by atoms with E-state index in [0.717, 1.165) is 0 Å². The molecule has 30 heavy (non-hydrogen) atoms. The lowest BCUT2D eigenvalue weighted by Crippen LogP contribution is -2.44. The second-order valence-corrected chi connectivity index (χ2v) is 7.68. The lowest BCUT2D eigenvalue weighted by atomic mass is 9.84. The molecule has 0 radical (unpaired) electrons. The summed E-state index contributed by atoms with van der Waals surface area (Å²) in [5.41, 5.74) is 1.27. The van der Waals surface area contributed by atoms with Crippen LogP contribution in [-0.4, -0.2) is 36.1 Å². The lowest BCUT2D eigenvalue weighted by Gasteiger charge is -2.30. The highest BCUT2D eigenvalue weighted by molar-refractivity contribution is 6.36. The highest BCUT2D eigenvalue weighted by Gasteiger charge is 2.46. The van der Waals surface area contributed by atoms with Gasteiger partial charge >= 0.3 is 5.97 Å². The Labute approximate surface area is 183 Å². The van der Waals surface area contributed by atoms with Crippen molar-refractivity contribution in [3.63, 3.8) is 0 Å². The Kier molecular flexibility index (Phi) is 6.58. The number of ether oxygens (including phenoxy) is 1. The van der Waals surface area contributed by atoms with Crippen LogP contribution in [-0.2, 0) is 19.1 Å². The number of carbonyl (C=O) groups is 4. The van der Waals surface area contributed by atoms with Gasteiger partial charge in [0.25, 0.3) is 0 Å². The van der Waals surface area contributed by atoms with Gasteiger partial charge in [-0.1, -0.05) is 41.4 Å². The zero-order chi connectivity index (χ0) is 22.0. The number of hydrogen-bond donors (Lipinski definition) is 0. The third-order valence-electron chi connectivity index (χ3n) is 4.97. The van der Waals surface area contributed by atoms with E-state index < -0.39 is 23.7 Å². The number of halogens is 2. The van der Waals surface area contributed by atoms with Crippen molar-refractivity contribution in [3.05, 3.63) is 63.6 Å². The molecule has 1 heterocycles. The molecule has 2 atom stereocenters. The molecule has 1 aliphatic rings. The van der Waals surface area contributed by atoms with E-state index in [1.165, 1.54) is 17.9 Å². The van der Waals surface area contributed by atoms with E-state index in [4.69, 9.17) is 27.9 Å². The molecule has 0 bridgehead atoms. The van der Waals surface area contributed by atoms with Crippen LogP contribution in [0.2, 0.25) is 10.0 Å². The summed E-state index contributed by atoms with van der Waals surface area (Å²) in [4.78, 5) is 51.7.